The minimum Gasteiger partial charge on any atom is -0.455 e. The summed E-state index contributed by atoms with van der Waals surface area (Å²) in [5.74, 6) is 1.91. The summed E-state index contributed by atoms with van der Waals surface area (Å²) in [6.45, 7) is 0. The molecule has 0 aliphatic carbocycles. The van der Waals surface area contributed by atoms with Crippen LogP contribution in [0.15, 0.2) is 205 Å². The van der Waals surface area contributed by atoms with Gasteiger partial charge in [0.05, 0.1) is 0 Å². The molecular weight excluding hydrogens is 695 g/mol. The number of aromatic nitrogens is 3. The standard InChI is InChI=1S/C53H33N3O/c1-3-12-38(13-4-1)51-54-52(39-14-5-2-6-15-39)56-53(55-51)40-26-24-37(25-27-40)46-33-44-17-9-10-18-45(44)50-49(46)47-32-43(29-30-48(47)57-50)36-21-19-35(20-22-36)42-28-23-34-11-7-8-16-41(34)31-42/h1-33H. The molecule has 0 saturated carbocycles. The molecule has 0 fully saturated rings. The van der Waals surface area contributed by atoms with Crippen molar-refractivity contribution in [2.24, 2.45) is 0 Å². The molecule has 4 nitrogen and oxygen atoms in total. The molecule has 11 aromatic rings. The van der Waals surface area contributed by atoms with E-state index in [0.717, 1.165) is 71.7 Å². The third-order valence-electron chi connectivity index (χ3n) is 10.9. The van der Waals surface area contributed by atoms with E-state index in [2.05, 4.69) is 140 Å². The molecule has 0 aliphatic heterocycles. The van der Waals surface area contributed by atoms with Crippen LogP contribution in [0.1, 0.15) is 0 Å². The molecule has 266 valence electrons. The first kappa shape index (κ1) is 32.7. The van der Waals surface area contributed by atoms with Crippen molar-refractivity contribution in [3.63, 3.8) is 0 Å². The van der Waals surface area contributed by atoms with Gasteiger partial charge in [-0.3, -0.25) is 0 Å². The highest BCUT2D eigenvalue weighted by Crippen LogP contribution is 2.43. The summed E-state index contributed by atoms with van der Waals surface area (Å²) in [5, 5.41) is 6.91. The van der Waals surface area contributed by atoms with E-state index in [1.54, 1.807) is 0 Å². The van der Waals surface area contributed by atoms with Crippen LogP contribution in [0, 0.1) is 0 Å². The highest BCUT2D eigenvalue weighted by atomic mass is 16.3. The van der Waals surface area contributed by atoms with E-state index in [1.165, 1.54) is 21.9 Å². The number of furan rings is 1. The SMILES string of the molecule is c1ccc(-c2nc(-c3ccccc3)nc(-c3ccc(-c4cc5ccccc5c5oc6ccc(-c7ccc(-c8ccc9ccccc9c8)cc7)cc6c45)cc3)n2)cc1. The maximum Gasteiger partial charge on any atom is 0.164 e. The van der Waals surface area contributed by atoms with Crippen LogP contribution in [0.25, 0.3) is 111 Å². The lowest BCUT2D eigenvalue weighted by molar-refractivity contribution is 0.673. The van der Waals surface area contributed by atoms with Crippen LogP contribution in [0.3, 0.4) is 0 Å². The highest BCUT2D eigenvalue weighted by molar-refractivity contribution is 6.21. The first-order valence-corrected chi connectivity index (χ1v) is 19.2. The van der Waals surface area contributed by atoms with Crippen molar-refractivity contribution in [1.29, 1.82) is 0 Å². The van der Waals surface area contributed by atoms with Gasteiger partial charge in [-0.25, -0.2) is 15.0 Å². The molecule has 0 spiro atoms. The molecule has 0 unspecified atom stereocenters. The normalized spacial score (nSPS) is 11.5. The van der Waals surface area contributed by atoms with Crippen LogP contribution < -0.4 is 0 Å². The van der Waals surface area contributed by atoms with Crippen LogP contribution in [0.2, 0.25) is 0 Å². The number of fused-ring (bicyclic) bond motifs is 6. The summed E-state index contributed by atoms with van der Waals surface area (Å²) in [7, 11) is 0. The number of hydrogen-bond donors (Lipinski definition) is 0. The Labute approximate surface area is 329 Å². The quantitative estimate of drug-likeness (QED) is 0.171. The molecule has 0 aliphatic rings. The zero-order chi connectivity index (χ0) is 37.7. The van der Waals surface area contributed by atoms with E-state index in [0.29, 0.717) is 17.5 Å². The van der Waals surface area contributed by atoms with Gasteiger partial charge in [-0.05, 0) is 73.8 Å². The van der Waals surface area contributed by atoms with Crippen molar-refractivity contribution in [1.82, 2.24) is 15.0 Å². The van der Waals surface area contributed by atoms with Crippen LogP contribution >= 0.6 is 0 Å². The first-order valence-electron chi connectivity index (χ1n) is 19.2. The second-order valence-corrected chi connectivity index (χ2v) is 14.4. The maximum absolute atomic E-state index is 6.71. The molecule has 2 aromatic heterocycles. The minimum absolute atomic E-state index is 0.628. The highest BCUT2D eigenvalue weighted by Gasteiger charge is 2.18. The lowest BCUT2D eigenvalue weighted by Crippen LogP contribution is -2.00. The summed E-state index contributed by atoms with van der Waals surface area (Å²) in [6.07, 6.45) is 0. The van der Waals surface area contributed by atoms with Gasteiger partial charge in [0.1, 0.15) is 11.2 Å². The van der Waals surface area contributed by atoms with Gasteiger partial charge in [-0.1, -0.05) is 176 Å². The summed E-state index contributed by atoms with van der Waals surface area (Å²) in [5.41, 5.74) is 11.5. The number of nitrogens with zero attached hydrogens (tertiary/aromatic N) is 3. The van der Waals surface area contributed by atoms with Gasteiger partial charge in [0.2, 0.25) is 0 Å². The maximum atomic E-state index is 6.71. The topological polar surface area (TPSA) is 51.8 Å². The molecule has 2 heterocycles. The molecular formula is C53H33N3O. The van der Waals surface area contributed by atoms with E-state index in [9.17, 15) is 0 Å². The third-order valence-corrected chi connectivity index (χ3v) is 10.9. The Balaban J connectivity index is 1.01. The van der Waals surface area contributed by atoms with Crippen LogP contribution in [-0.4, -0.2) is 15.0 Å². The molecule has 0 saturated heterocycles. The summed E-state index contributed by atoms with van der Waals surface area (Å²) in [6, 6.07) is 70.0. The number of rotatable bonds is 6. The average molecular weight is 728 g/mol. The second kappa shape index (κ2) is 13.6. The van der Waals surface area contributed by atoms with Crippen molar-refractivity contribution >= 4 is 43.5 Å². The molecule has 0 radical (unpaired) electrons. The predicted octanol–water partition coefficient (Wildman–Crippen LogP) is 14.1. The molecule has 0 N–H and O–H groups in total. The van der Waals surface area contributed by atoms with Gasteiger partial charge in [0.15, 0.2) is 17.5 Å². The molecule has 57 heavy (non-hydrogen) atoms. The van der Waals surface area contributed by atoms with Crippen LogP contribution in [-0.2, 0) is 0 Å². The lowest BCUT2D eigenvalue weighted by Gasteiger charge is -2.10. The Morgan fingerprint density at radius 2 is 0.772 bits per heavy atom. The van der Waals surface area contributed by atoms with E-state index in [4.69, 9.17) is 19.4 Å². The van der Waals surface area contributed by atoms with Crippen LogP contribution in [0.5, 0.6) is 0 Å². The average Bonchev–Trinajstić information content (AvgIpc) is 3.68. The van der Waals surface area contributed by atoms with E-state index >= 15 is 0 Å². The third kappa shape index (κ3) is 5.92. The Morgan fingerprint density at radius 3 is 1.42 bits per heavy atom. The van der Waals surface area contributed by atoms with E-state index in [-0.39, 0.29) is 0 Å². The lowest BCUT2D eigenvalue weighted by atomic mass is 9.93. The summed E-state index contributed by atoms with van der Waals surface area (Å²) >= 11 is 0. The fourth-order valence-electron chi connectivity index (χ4n) is 7.98. The summed E-state index contributed by atoms with van der Waals surface area (Å²) < 4.78 is 6.71. The molecule has 4 heteroatoms. The van der Waals surface area contributed by atoms with Gasteiger partial charge >= 0.3 is 0 Å². The van der Waals surface area contributed by atoms with Crippen molar-refractivity contribution in [3.8, 4) is 67.5 Å². The molecule has 0 atom stereocenters. The fraction of sp³-hybridized carbons (Fsp3) is 0. The monoisotopic (exact) mass is 727 g/mol. The van der Waals surface area contributed by atoms with Gasteiger partial charge in [0.25, 0.3) is 0 Å². The Kier molecular flexibility index (Phi) is 7.78. The molecule has 0 amide bonds. The Hall–Kier alpha value is -7.69. The minimum atomic E-state index is 0.628. The van der Waals surface area contributed by atoms with Crippen molar-refractivity contribution in [2.75, 3.05) is 0 Å². The zero-order valence-electron chi connectivity index (χ0n) is 30.8. The van der Waals surface area contributed by atoms with Gasteiger partial charge in [0, 0.05) is 32.8 Å². The number of hydrogen-bond acceptors (Lipinski definition) is 4. The van der Waals surface area contributed by atoms with Crippen molar-refractivity contribution in [3.05, 3.63) is 200 Å². The fourth-order valence-corrected chi connectivity index (χ4v) is 7.98. The number of benzene rings is 9. The molecule has 11 rings (SSSR count). The first-order chi connectivity index (χ1) is 28.2. The Morgan fingerprint density at radius 1 is 0.298 bits per heavy atom. The smallest absolute Gasteiger partial charge is 0.164 e. The Bertz CT molecular complexity index is 3200. The van der Waals surface area contributed by atoms with Crippen molar-refractivity contribution in [2.45, 2.75) is 0 Å². The molecule has 9 aromatic carbocycles. The van der Waals surface area contributed by atoms with E-state index < -0.39 is 0 Å². The van der Waals surface area contributed by atoms with Crippen molar-refractivity contribution < 1.29 is 4.42 Å². The van der Waals surface area contributed by atoms with Gasteiger partial charge in [-0.15, -0.1) is 0 Å². The van der Waals surface area contributed by atoms with Crippen LogP contribution in [0.4, 0.5) is 0 Å². The predicted molar refractivity (Wildman–Crippen MR) is 235 cm³/mol. The van der Waals surface area contributed by atoms with Gasteiger partial charge < -0.3 is 4.42 Å². The largest absolute Gasteiger partial charge is 0.455 e. The van der Waals surface area contributed by atoms with Gasteiger partial charge in [-0.2, -0.15) is 0 Å². The second-order valence-electron chi connectivity index (χ2n) is 14.4. The van der Waals surface area contributed by atoms with E-state index in [1.807, 2.05) is 60.7 Å². The molecule has 0 bridgehead atoms. The summed E-state index contributed by atoms with van der Waals surface area (Å²) in [4.78, 5) is 14.8. The zero-order valence-corrected chi connectivity index (χ0v) is 30.8.